The molecule has 0 fully saturated rings. The van der Waals surface area contributed by atoms with Crippen LogP contribution in [0, 0.1) is 0 Å². The number of aromatic nitrogens is 1. The van der Waals surface area contributed by atoms with Crippen LogP contribution in [0.5, 0.6) is 0 Å². The zero-order chi connectivity index (χ0) is 16.2. The highest BCUT2D eigenvalue weighted by Gasteiger charge is 2.08. The number of amides is 1. The van der Waals surface area contributed by atoms with Crippen molar-refractivity contribution in [1.82, 2.24) is 10.3 Å². The fourth-order valence-corrected chi connectivity index (χ4v) is 2.63. The molecular weight excluding hydrogens is 288 g/mol. The lowest BCUT2D eigenvalue weighted by Crippen LogP contribution is -2.24. The van der Waals surface area contributed by atoms with Gasteiger partial charge in [0.05, 0.1) is 12.5 Å². The van der Waals surface area contributed by atoms with Gasteiger partial charge in [0.25, 0.3) is 0 Å². The van der Waals surface area contributed by atoms with Crippen molar-refractivity contribution in [3.8, 4) is 0 Å². The van der Waals surface area contributed by atoms with Crippen LogP contribution in [0.4, 0.5) is 0 Å². The highest BCUT2D eigenvalue weighted by molar-refractivity contribution is 5.88. The molecule has 1 amide bonds. The summed E-state index contributed by atoms with van der Waals surface area (Å²) < 4.78 is 0. The molecule has 0 unspecified atom stereocenters. The van der Waals surface area contributed by atoms with Gasteiger partial charge < -0.3 is 15.4 Å². The zero-order valence-corrected chi connectivity index (χ0v) is 13.0. The normalized spacial score (nSPS) is 12.3. The van der Waals surface area contributed by atoms with Crippen molar-refractivity contribution in [2.24, 2.45) is 0 Å². The summed E-state index contributed by atoms with van der Waals surface area (Å²) in [6.07, 6.45) is 1.78. The number of para-hydroxylation sites is 1. The number of aromatic amines is 1. The van der Waals surface area contributed by atoms with E-state index in [2.05, 4.69) is 10.3 Å². The second-order valence-electron chi connectivity index (χ2n) is 5.73. The Bertz CT molecular complexity index is 804. The minimum Gasteiger partial charge on any atom is -0.389 e. The molecule has 3 rings (SSSR count). The fraction of sp³-hybridized carbons (Fsp3) is 0.211. The number of benzene rings is 2. The molecule has 4 heteroatoms. The first-order valence-electron chi connectivity index (χ1n) is 7.72. The van der Waals surface area contributed by atoms with E-state index >= 15 is 0 Å². The molecule has 0 saturated heterocycles. The maximum atomic E-state index is 12.1. The SMILES string of the molecule is C[C@@H](O)c1ccc(CNC(=O)Cc2c[nH]c3ccccc23)cc1. The first-order valence-corrected chi connectivity index (χ1v) is 7.72. The molecule has 4 nitrogen and oxygen atoms in total. The number of fused-ring (bicyclic) bond motifs is 1. The second kappa shape index (κ2) is 6.67. The summed E-state index contributed by atoms with van der Waals surface area (Å²) in [6, 6.07) is 15.6. The first-order chi connectivity index (χ1) is 11.1. The van der Waals surface area contributed by atoms with Gasteiger partial charge in [-0.05, 0) is 29.7 Å². The molecule has 1 atom stereocenters. The van der Waals surface area contributed by atoms with Gasteiger partial charge in [-0.2, -0.15) is 0 Å². The van der Waals surface area contributed by atoms with Crippen molar-refractivity contribution < 1.29 is 9.90 Å². The number of aliphatic hydroxyl groups excluding tert-OH is 1. The van der Waals surface area contributed by atoms with Crippen LogP contribution in [0.2, 0.25) is 0 Å². The Labute approximate surface area is 135 Å². The van der Waals surface area contributed by atoms with Crippen molar-refractivity contribution in [3.05, 3.63) is 71.4 Å². The molecule has 0 bridgehead atoms. The summed E-state index contributed by atoms with van der Waals surface area (Å²) in [6.45, 7) is 2.22. The van der Waals surface area contributed by atoms with Gasteiger partial charge in [0.2, 0.25) is 5.91 Å². The third-order valence-electron chi connectivity index (χ3n) is 3.98. The highest BCUT2D eigenvalue weighted by atomic mass is 16.3. The van der Waals surface area contributed by atoms with Crippen LogP contribution in [0.15, 0.2) is 54.7 Å². The second-order valence-corrected chi connectivity index (χ2v) is 5.73. The third-order valence-corrected chi connectivity index (χ3v) is 3.98. The van der Waals surface area contributed by atoms with Crippen LogP contribution in [0.1, 0.15) is 29.7 Å². The van der Waals surface area contributed by atoms with Crippen LogP contribution in [-0.4, -0.2) is 16.0 Å². The summed E-state index contributed by atoms with van der Waals surface area (Å²) in [5, 5.41) is 13.5. The molecule has 3 aromatic rings. The molecule has 3 N–H and O–H groups in total. The first kappa shape index (κ1) is 15.3. The standard InChI is InChI=1S/C19H20N2O2/c1-13(22)15-8-6-14(7-9-15)11-21-19(23)10-16-12-20-18-5-3-2-4-17(16)18/h2-9,12-13,20,22H,10-11H2,1H3,(H,21,23)/t13-/m1/s1. The van der Waals surface area contributed by atoms with Gasteiger partial charge in [-0.3, -0.25) is 4.79 Å². The number of nitrogens with one attached hydrogen (secondary N) is 2. The van der Waals surface area contributed by atoms with E-state index in [0.717, 1.165) is 27.6 Å². The number of hydrogen-bond donors (Lipinski definition) is 3. The van der Waals surface area contributed by atoms with Crippen LogP contribution >= 0.6 is 0 Å². The largest absolute Gasteiger partial charge is 0.389 e. The van der Waals surface area contributed by atoms with Gasteiger partial charge in [-0.25, -0.2) is 0 Å². The number of carbonyl (C=O) groups is 1. The van der Waals surface area contributed by atoms with E-state index in [9.17, 15) is 9.90 Å². The van der Waals surface area contributed by atoms with Gasteiger partial charge in [0.15, 0.2) is 0 Å². The number of hydrogen-bond acceptors (Lipinski definition) is 2. The van der Waals surface area contributed by atoms with Crippen molar-refractivity contribution in [3.63, 3.8) is 0 Å². The van der Waals surface area contributed by atoms with E-state index in [-0.39, 0.29) is 5.91 Å². The fourth-order valence-electron chi connectivity index (χ4n) is 2.63. The number of H-pyrrole nitrogens is 1. The lowest BCUT2D eigenvalue weighted by Gasteiger charge is -2.08. The molecule has 118 valence electrons. The molecule has 0 spiro atoms. The molecule has 0 aliphatic heterocycles. The van der Waals surface area contributed by atoms with E-state index in [1.807, 2.05) is 54.7 Å². The van der Waals surface area contributed by atoms with Crippen molar-refractivity contribution in [2.75, 3.05) is 0 Å². The average molecular weight is 308 g/mol. The average Bonchev–Trinajstić information content (AvgIpc) is 2.96. The van der Waals surface area contributed by atoms with Crippen molar-refractivity contribution in [1.29, 1.82) is 0 Å². The maximum Gasteiger partial charge on any atom is 0.224 e. The van der Waals surface area contributed by atoms with Crippen LogP contribution in [0.25, 0.3) is 10.9 Å². The predicted molar refractivity (Wildman–Crippen MR) is 90.9 cm³/mol. The molecule has 2 aromatic carbocycles. The quantitative estimate of drug-likeness (QED) is 0.678. The molecule has 1 heterocycles. The number of aliphatic hydroxyl groups is 1. The smallest absolute Gasteiger partial charge is 0.224 e. The number of carbonyl (C=O) groups excluding carboxylic acids is 1. The molecule has 0 radical (unpaired) electrons. The summed E-state index contributed by atoms with van der Waals surface area (Å²) >= 11 is 0. The molecule has 0 saturated carbocycles. The molecular formula is C19H20N2O2. The lowest BCUT2D eigenvalue weighted by molar-refractivity contribution is -0.120. The number of rotatable bonds is 5. The third kappa shape index (κ3) is 3.60. The Morgan fingerprint density at radius 2 is 1.91 bits per heavy atom. The van der Waals surface area contributed by atoms with Gasteiger partial charge in [-0.1, -0.05) is 42.5 Å². The Balaban J connectivity index is 1.59. The van der Waals surface area contributed by atoms with Gasteiger partial charge in [0.1, 0.15) is 0 Å². The molecule has 23 heavy (non-hydrogen) atoms. The van der Waals surface area contributed by atoms with Crippen molar-refractivity contribution >= 4 is 16.8 Å². The van der Waals surface area contributed by atoms with Gasteiger partial charge in [-0.15, -0.1) is 0 Å². The zero-order valence-electron chi connectivity index (χ0n) is 13.0. The van der Waals surface area contributed by atoms with Crippen LogP contribution < -0.4 is 5.32 Å². The van der Waals surface area contributed by atoms with Gasteiger partial charge >= 0.3 is 0 Å². The topological polar surface area (TPSA) is 65.1 Å². The van der Waals surface area contributed by atoms with E-state index in [1.54, 1.807) is 6.92 Å². The summed E-state index contributed by atoms with van der Waals surface area (Å²) in [5.41, 5.74) is 3.94. The van der Waals surface area contributed by atoms with Crippen molar-refractivity contribution in [2.45, 2.75) is 26.0 Å². The summed E-state index contributed by atoms with van der Waals surface area (Å²) in [7, 11) is 0. The maximum absolute atomic E-state index is 12.1. The van der Waals surface area contributed by atoms with Gasteiger partial charge in [0, 0.05) is 23.6 Å². The Hall–Kier alpha value is -2.59. The minimum absolute atomic E-state index is 0.00523. The lowest BCUT2D eigenvalue weighted by atomic mass is 10.1. The summed E-state index contributed by atoms with van der Waals surface area (Å²) in [4.78, 5) is 15.3. The van der Waals surface area contributed by atoms with Crippen LogP contribution in [0.3, 0.4) is 0 Å². The Morgan fingerprint density at radius 1 is 1.17 bits per heavy atom. The summed E-state index contributed by atoms with van der Waals surface area (Å²) in [5.74, 6) is -0.00523. The minimum atomic E-state index is -0.472. The van der Waals surface area contributed by atoms with E-state index < -0.39 is 6.10 Å². The van der Waals surface area contributed by atoms with Crippen LogP contribution in [-0.2, 0) is 17.8 Å². The monoisotopic (exact) mass is 308 g/mol. The van der Waals surface area contributed by atoms with E-state index in [1.165, 1.54) is 0 Å². The Kier molecular flexibility index (Phi) is 4.44. The van der Waals surface area contributed by atoms with E-state index in [4.69, 9.17) is 0 Å². The van der Waals surface area contributed by atoms with E-state index in [0.29, 0.717) is 13.0 Å². The Morgan fingerprint density at radius 3 is 2.65 bits per heavy atom. The highest BCUT2D eigenvalue weighted by Crippen LogP contribution is 2.18. The predicted octanol–water partition coefficient (Wildman–Crippen LogP) is 3.08. The molecule has 1 aromatic heterocycles. The molecule has 0 aliphatic carbocycles. The molecule has 0 aliphatic rings.